The number of nitrogens with zero attached hydrogens (tertiary/aromatic N) is 1. The molecule has 0 aromatic rings. The summed E-state index contributed by atoms with van der Waals surface area (Å²) in [6, 6.07) is -0.182. The molecule has 0 aromatic heterocycles. The summed E-state index contributed by atoms with van der Waals surface area (Å²) in [6.45, 7) is 1.52. The number of carbonyl (C=O) groups excluding carboxylic acids is 2. The highest BCUT2D eigenvalue weighted by Crippen LogP contribution is 2.21. The molecule has 19 heavy (non-hydrogen) atoms. The highest BCUT2D eigenvalue weighted by atomic mass is 16.4. The fraction of sp³-hybridized carbons (Fsp3) is 0.750. The lowest BCUT2D eigenvalue weighted by Crippen LogP contribution is -2.45. The SMILES string of the molecule is NC(=O)CCNC(=O)N1CCC(CCC(=O)O)CC1. The van der Waals surface area contributed by atoms with Crippen LogP contribution < -0.4 is 11.1 Å². The Morgan fingerprint density at radius 1 is 1.21 bits per heavy atom. The van der Waals surface area contributed by atoms with Crippen LogP contribution in [-0.2, 0) is 9.59 Å². The summed E-state index contributed by atoms with van der Waals surface area (Å²) in [5.74, 6) is -0.829. The van der Waals surface area contributed by atoms with E-state index in [9.17, 15) is 14.4 Å². The third-order valence-corrected chi connectivity index (χ3v) is 3.32. The second-order valence-electron chi connectivity index (χ2n) is 4.81. The molecule has 0 aliphatic carbocycles. The maximum atomic E-state index is 11.7. The van der Waals surface area contributed by atoms with Crippen molar-refractivity contribution in [2.75, 3.05) is 19.6 Å². The van der Waals surface area contributed by atoms with Crippen molar-refractivity contribution in [2.45, 2.75) is 32.1 Å². The van der Waals surface area contributed by atoms with Crippen molar-refractivity contribution in [3.63, 3.8) is 0 Å². The number of carboxylic acid groups (broad SMARTS) is 1. The molecule has 108 valence electrons. The third-order valence-electron chi connectivity index (χ3n) is 3.32. The summed E-state index contributed by atoms with van der Waals surface area (Å²) in [5.41, 5.74) is 4.98. The molecule has 0 radical (unpaired) electrons. The maximum Gasteiger partial charge on any atom is 0.317 e. The summed E-state index contributed by atoms with van der Waals surface area (Å²) in [4.78, 5) is 34.4. The molecular formula is C12H21N3O4. The van der Waals surface area contributed by atoms with Crippen LogP contribution in [0.1, 0.15) is 32.1 Å². The highest BCUT2D eigenvalue weighted by Gasteiger charge is 2.22. The minimum absolute atomic E-state index is 0.140. The minimum atomic E-state index is -0.772. The van der Waals surface area contributed by atoms with E-state index in [-0.39, 0.29) is 25.4 Å². The zero-order valence-electron chi connectivity index (χ0n) is 10.9. The van der Waals surface area contributed by atoms with Gasteiger partial charge in [-0.05, 0) is 25.2 Å². The van der Waals surface area contributed by atoms with E-state index in [0.717, 1.165) is 12.8 Å². The first-order chi connectivity index (χ1) is 8.99. The van der Waals surface area contributed by atoms with Gasteiger partial charge in [-0.3, -0.25) is 9.59 Å². The van der Waals surface area contributed by atoms with E-state index in [0.29, 0.717) is 25.4 Å². The Labute approximate surface area is 112 Å². The Kier molecular flexibility index (Phi) is 6.11. The number of likely N-dealkylation sites (tertiary alicyclic amines) is 1. The maximum absolute atomic E-state index is 11.7. The fourth-order valence-corrected chi connectivity index (χ4v) is 2.16. The molecule has 1 heterocycles. The molecule has 0 unspecified atom stereocenters. The van der Waals surface area contributed by atoms with E-state index >= 15 is 0 Å². The van der Waals surface area contributed by atoms with E-state index < -0.39 is 11.9 Å². The molecular weight excluding hydrogens is 250 g/mol. The van der Waals surface area contributed by atoms with Crippen molar-refractivity contribution in [3.05, 3.63) is 0 Å². The molecule has 1 aliphatic heterocycles. The van der Waals surface area contributed by atoms with Crippen molar-refractivity contribution in [2.24, 2.45) is 11.7 Å². The lowest BCUT2D eigenvalue weighted by Gasteiger charge is -2.31. The van der Waals surface area contributed by atoms with Crippen LogP contribution in [0.2, 0.25) is 0 Å². The van der Waals surface area contributed by atoms with E-state index in [2.05, 4.69) is 5.32 Å². The van der Waals surface area contributed by atoms with Gasteiger partial charge in [0, 0.05) is 32.5 Å². The molecule has 0 spiro atoms. The van der Waals surface area contributed by atoms with Crippen LogP contribution in [-0.4, -0.2) is 47.5 Å². The van der Waals surface area contributed by atoms with Gasteiger partial charge in [0.05, 0.1) is 0 Å². The van der Waals surface area contributed by atoms with Crippen LogP contribution >= 0.6 is 0 Å². The molecule has 7 heteroatoms. The number of carbonyl (C=O) groups is 3. The zero-order chi connectivity index (χ0) is 14.3. The van der Waals surface area contributed by atoms with Crippen LogP contribution in [0, 0.1) is 5.92 Å². The Morgan fingerprint density at radius 2 is 1.84 bits per heavy atom. The number of carboxylic acids is 1. The number of primary amides is 1. The third kappa shape index (κ3) is 6.08. The number of aliphatic carboxylic acids is 1. The summed E-state index contributed by atoms with van der Waals surface area (Å²) in [7, 11) is 0. The topological polar surface area (TPSA) is 113 Å². The first kappa shape index (κ1) is 15.3. The zero-order valence-corrected chi connectivity index (χ0v) is 10.9. The van der Waals surface area contributed by atoms with Gasteiger partial charge in [0.1, 0.15) is 0 Å². The Balaban J connectivity index is 2.19. The Hall–Kier alpha value is -1.79. The predicted molar refractivity (Wildman–Crippen MR) is 68.4 cm³/mol. The van der Waals surface area contributed by atoms with Crippen LogP contribution in [0.4, 0.5) is 4.79 Å². The largest absolute Gasteiger partial charge is 0.481 e. The van der Waals surface area contributed by atoms with Gasteiger partial charge >= 0.3 is 12.0 Å². The van der Waals surface area contributed by atoms with Gasteiger partial charge in [-0.15, -0.1) is 0 Å². The molecule has 0 atom stereocenters. The number of nitrogens with two attached hydrogens (primary N) is 1. The summed E-state index contributed by atoms with van der Waals surface area (Å²) < 4.78 is 0. The summed E-state index contributed by atoms with van der Waals surface area (Å²) >= 11 is 0. The minimum Gasteiger partial charge on any atom is -0.481 e. The lowest BCUT2D eigenvalue weighted by molar-refractivity contribution is -0.137. The van der Waals surface area contributed by atoms with Gasteiger partial charge in [-0.2, -0.15) is 0 Å². The quantitative estimate of drug-likeness (QED) is 0.638. The molecule has 0 saturated carbocycles. The number of rotatable bonds is 6. The van der Waals surface area contributed by atoms with Gasteiger partial charge < -0.3 is 21.1 Å². The van der Waals surface area contributed by atoms with Crippen molar-refractivity contribution >= 4 is 17.9 Å². The van der Waals surface area contributed by atoms with Crippen molar-refractivity contribution in [3.8, 4) is 0 Å². The molecule has 1 rings (SSSR count). The molecule has 0 aromatic carbocycles. The molecule has 7 nitrogen and oxygen atoms in total. The van der Waals surface area contributed by atoms with Crippen LogP contribution in [0.25, 0.3) is 0 Å². The molecule has 3 amide bonds. The van der Waals surface area contributed by atoms with Gasteiger partial charge in [0.25, 0.3) is 0 Å². The van der Waals surface area contributed by atoms with Crippen molar-refractivity contribution < 1.29 is 19.5 Å². The molecule has 0 bridgehead atoms. The standard InChI is InChI=1S/C12H21N3O4/c13-10(16)3-6-14-12(19)15-7-4-9(5-8-15)1-2-11(17)18/h9H,1-8H2,(H2,13,16)(H,14,19)(H,17,18). The van der Waals surface area contributed by atoms with Crippen LogP contribution in [0.5, 0.6) is 0 Å². The van der Waals surface area contributed by atoms with Gasteiger partial charge in [-0.1, -0.05) is 0 Å². The number of amides is 3. The number of piperidine rings is 1. The van der Waals surface area contributed by atoms with Gasteiger partial charge in [0.2, 0.25) is 5.91 Å². The van der Waals surface area contributed by atoms with Crippen LogP contribution in [0.15, 0.2) is 0 Å². The first-order valence-electron chi connectivity index (χ1n) is 6.52. The average molecular weight is 271 g/mol. The predicted octanol–water partition coefficient (Wildman–Crippen LogP) is 0.148. The van der Waals surface area contributed by atoms with E-state index in [1.807, 2.05) is 0 Å². The number of hydrogen-bond acceptors (Lipinski definition) is 3. The number of nitrogens with one attached hydrogen (secondary N) is 1. The smallest absolute Gasteiger partial charge is 0.317 e. The second kappa shape index (κ2) is 7.60. The lowest BCUT2D eigenvalue weighted by atomic mass is 9.92. The number of hydrogen-bond donors (Lipinski definition) is 3. The summed E-state index contributed by atoms with van der Waals surface area (Å²) in [5, 5.41) is 11.3. The average Bonchev–Trinajstić information content (AvgIpc) is 2.36. The molecule has 1 fully saturated rings. The fourth-order valence-electron chi connectivity index (χ4n) is 2.16. The second-order valence-corrected chi connectivity index (χ2v) is 4.81. The number of urea groups is 1. The monoisotopic (exact) mass is 271 g/mol. The molecule has 1 aliphatic rings. The first-order valence-corrected chi connectivity index (χ1v) is 6.52. The van der Waals surface area contributed by atoms with Crippen LogP contribution in [0.3, 0.4) is 0 Å². The Morgan fingerprint density at radius 3 is 2.37 bits per heavy atom. The normalized spacial score (nSPS) is 16.1. The van der Waals surface area contributed by atoms with Gasteiger partial charge in [-0.25, -0.2) is 4.79 Å². The summed E-state index contributed by atoms with van der Waals surface area (Å²) in [6.07, 6.45) is 2.66. The molecule has 1 saturated heterocycles. The van der Waals surface area contributed by atoms with E-state index in [4.69, 9.17) is 10.8 Å². The van der Waals surface area contributed by atoms with E-state index in [1.165, 1.54) is 0 Å². The van der Waals surface area contributed by atoms with E-state index in [1.54, 1.807) is 4.90 Å². The van der Waals surface area contributed by atoms with Crippen molar-refractivity contribution in [1.29, 1.82) is 0 Å². The molecule has 4 N–H and O–H groups in total. The highest BCUT2D eigenvalue weighted by molar-refractivity contribution is 5.77. The van der Waals surface area contributed by atoms with Gasteiger partial charge in [0.15, 0.2) is 0 Å². The Bertz CT molecular complexity index is 338. The van der Waals surface area contributed by atoms with Crippen molar-refractivity contribution in [1.82, 2.24) is 10.2 Å².